The summed E-state index contributed by atoms with van der Waals surface area (Å²) >= 11 is 1.34. The van der Waals surface area contributed by atoms with Crippen LogP contribution >= 0.6 is 11.8 Å². The molecular weight excluding hydrogens is 388 g/mol. The highest BCUT2D eigenvalue weighted by molar-refractivity contribution is 7.98. The Kier molecular flexibility index (Phi) is 4.41. The zero-order valence-corrected chi connectivity index (χ0v) is 15.8. The van der Waals surface area contributed by atoms with Gasteiger partial charge >= 0.3 is 0 Å². The van der Waals surface area contributed by atoms with E-state index in [1.807, 2.05) is 60.7 Å². The molecule has 0 saturated heterocycles. The second-order valence-electron chi connectivity index (χ2n) is 6.17. The summed E-state index contributed by atoms with van der Waals surface area (Å²) < 4.78 is 6.94. The van der Waals surface area contributed by atoms with Gasteiger partial charge < -0.3 is 4.52 Å². The van der Waals surface area contributed by atoms with E-state index >= 15 is 0 Å². The van der Waals surface area contributed by atoms with Crippen LogP contribution in [-0.2, 0) is 5.75 Å². The van der Waals surface area contributed by atoms with Crippen LogP contribution in [0.3, 0.4) is 0 Å². The predicted octanol–water partition coefficient (Wildman–Crippen LogP) is 3.45. The molecule has 0 fully saturated rings. The second kappa shape index (κ2) is 7.36. The predicted molar refractivity (Wildman–Crippen MR) is 109 cm³/mol. The summed E-state index contributed by atoms with van der Waals surface area (Å²) in [6.07, 6.45) is 1.49. The SMILES string of the molecule is O=c1c2cn[nH]c2nc(SCc2nc(-c3ccccc3)no2)n1-c1ccccc1. The Morgan fingerprint density at radius 1 is 1.00 bits per heavy atom. The van der Waals surface area contributed by atoms with Crippen molar-refractivity contribution in [1.82, 2.24) is 29.9 Å². The Morgan fingerprint density at radius 2 is 1.76 bits per heavy atom. The lowest BCUT2D eigenvalue weighted by Gasteiger charge is -2.10. The van der Waals surface area contributed by atoms with Crippen LogP contribution in [-0.4, -0.2) is 29.9 Å². The number of nitrogens with zero attached hydrogens (tertiary/aromatic N) is 5. The van der Waals surface area contributed by atoms with Gasteiger partial charge in [0.05, 0.1) is 17.6 Å². The van der Waals surface area contributed by atoms with Gasteiger partial charge in [0.15, 0.2) is 10.8 Å². The molecule has 1 N–H and O–H groups in total. The third-order valence-electron chi connectivity index (χ3n) is 4.29. The van der Waals surface area contributed by atoms with Crippen LogP contribution in [0.25, 0.3) is 28.1 Å². The lowest BCUT2D eigenvalue weighted by Crippen LogP contribution is -2.21. The van der Waals surface area contributed by atoms with Gasteiger partial charge in [-0.3, -0.25) is 14.5 Å². The minimum absolute atomic E-state index is 0.187. The number of benzene rings is 2. The molecule has 0 unspecified atom stereocenters. The fraction of sp³-hybridized carbons (Fsp3) is 0.0500. The molecule has 0 amide bonds. The first-order chi connectivity index (χ1) is 14.3. The van der Waals surface area contributed by atoms with Gasteiger partial charge in [0.2, 0.25) is 11.7 Å². The van der Waals surface area contributed by atoms with Crippen molar-refractivity contribution >= 4 is 22.8 Å². The number of thioether (sulfide) groups is 1. The maximum absolute atomic E-state index is 13.0. The van der Waals surface area contributed by atoms with Gasteiger partial charge in [0, 0.05) is 5.56 Å². The third kappa shape index (κ3) is 3.32. The number of hydrogen-bond acceptors (Lipinski definition) is 7. The number of aromatic amines is 1. The van der Waals surface area contributed by atoms with Crippen molar-refractivity contribution in [2.45, 2.75) is 10.9 Å². The lowest BCUT2D eigenvalue weighted by atomic mass is 10.2. The van der Waals surface area contributed by atoms with Gasteiger partial charge in [-0.1, -0.05) is 65.4 Å². The third-order valence-corrected chi connectivity index (χ3v) is 5.21. The zero-order valence-electron chi connectivity index (χ0n) is 15.0. The fourth-order valence-electron chi connectivity index (χ4n) is 2.92. The molecule has 0 aliphatic heterocycles. The summed E-state index contributed by atoms with van der Waals surface area (Å²) in [5.74, 6) is 1.35. The molecule has 0 radical (unpaired) electrons. The molecule has 29 heavy (non-hydrogen) atoms. The molecule has 142 valence electrons. The van der Waals surface area contributed by atoms with Crippen molar-refractivity contribution in [3.05, 3.63) is 83.1 Å². The molecular formula is C20H14N6O2S. The minimum atomic E-state index is -0.187. The maximum Gasteiger partial charge on any atom is 0.269 e. The Labute approximate surface area is 168 Å². The molecule has 0 bridgehead atoms. The van der Waals surface area contributed by atoms with E-state index in [2.05, 4.69) is 25.3 Å². The van der Waals surface area contributed by atoms with Crippen LogP contribution < -0.4 is 5.56 Å². The van der Waals surface area contributed by atoms with Crippen molar-refractivity contribution in [2.24, 2.45) is 0 Å². The van der Waals surface area contributed by atoms with Gasteiger partial charge in [-0.25, -0.2) is 4.98 Å². The van der Waals surface area contributed by atoms with Crippen molar-refractivity contribution in [1.29, 1.82) is 0 Å². The number of nitrogens with one attached hydrogen (secondary N) is 1. The van der Waals surface area contributed by atoms with Crippen molar-refractivity contribution in [2.75, 3.05) is 0 Å². The highest BCUT2D eigenvalue weighted by Gasteiger charge is 2.16. The smallest absolute Gasteiger partial charge is 0.269 e. The van der Waals surface area contributed by atoms with E-state index < -0.39 is 0 Å². The van der Waals surface area contributed by atoms with E-state index in [0.29, 0.717) is 33.7 Å². The fourth-order valence-corrected chi connectivity index (χ4v) is 3.76. The van der Waals surface area contributed by atoms with Crippen LogP contribution in [0, 0.1) is 0 Å². The molecule has 3 aromatic heterocycles. The second-order valence-corrected chi connectivity index (χ2v) is 7.11. The molecule has 0 aliphatic carbocycles. The first kappa shape index (κ1) is 17.4. The number of para-hydroxylation sites is 1. The van der Waals surface area contributed by atoms with Gasteiger partial charge in [0.25, 0.3) is 5.56 Å². The van der Waals surface area contributed by atoms with Gasteiger partial charge in [-0.05, 0) is 12.1 Å². The summed E-state index contributed by atoms with van der Waals surface area (Å²) in [6.45, 7) is 0. The van der Waals surface area contributed by atoms with Crippen LogP contribution in [0.5, 0.6) is 0 Å². The minimum Gasteiger partial charge on any atom is -0.338 e. The normalized spacial score (nSPS) is 11.2. The number of H-pyrrole nitrogens is 1. The number of fused-ring (bicyclic) bond motifs is 1. The maximum atomic E-state index is 13.0. The lowest BCUT2D eigenvalue weighted by molar-refractivity contribution is 0.391. The monoisotopic (exact) mass is 402 g/mol. The Morgan fingerprint density at radius 3 is 2.55 bits per heavy atom. The van der Waals surface area contributed by atoms with E-state index in [1.54, 1.807) is 4.57 Å². The molecule has 9 heteroatoms. The largest absolute Gasteiger partial charge is 0.338 e. The summed E-state index contributed by atoms with van der Waals surface area (Å²) in [7, 11) is 0. The number of rotatable bonds is 5. The Hall–Kier alpha value is -3.72. The van der Waals surface area contributed by atoms with E-state index in [4.69, 9.17) is 4.52 Å². The molecule has 5 rings (SSSR count). The van der Waals surface area contributed by atoms with E-state index in [9.17, 15) is 4.79 Å². The Balaban J connectivity index is 1.49. The van der Waals surface area contributed by atoms with Crippen molar-refractivity contribution in [3.63, 3.8) is 0 Å². The quantitative estimate of drug-likeness (QED) is 0.355. The zero-order chi connectivity index (χ0) is 19.6. The molecule has 8 nitrogen and oxygen atoms in total. The van der Waals surface area contributed by atoms with E-state index in [1.165, 1.54) is 18.0 Å². The molecule has 2 aromatic carbocycles. The molecule has 0 aliphatic rings. The highest BCUT2D eigenvalue weighted by Crippen LogP contribution is 2.24. The topological polar surface area (TPSA) is 102 Å². The summed E-state index contributed by atoms with van der Waals surface area (Å²) in [5.41, 5.74) is 1.87. The molecule has 0 atom stereocenters. The van der Waals surface area contributed by atoms with E-state index in [0.717, 1.165) is 11.3 Å². The van der Waals surface area contributed by atoms with Crippen molar-refractivity contribution in [3.8, 4) is 17.1 Å². The van der Waals surface area contributed by atoms with Gasteiger partial charge in [0.1, 0.15) is 5.39 Å². The number of hydrogen-bond donors (Lipinski definition) is 1. The standard InChI is InChI=1S/C20H14N6O2S/c27-19-15-11-21-24-18(15)23-20(26(19)14-9-5-2-6-10-14)29-12-16-22-17(25-28-16)13-7-3-1-4-8-13/h1-11H,12H2,(H,21,24). The average Bonchev–Trinajstić information content (AvgIpc) is 3.43. The Bertz CT molecular complexity index is 1330. The first-order valence-corrected chi connectivity index (χ1v) is 9.80. The first-order valence-electron chi connectivity index (χ1n) is 8.82. The molecule has 0 saturated carbocycles. The van der Waals surface area contributed by atoms with Crippen LogP contribution in [0.1, 0.15) is 5.89 Å². The summed E-state index contributed by atoms with van der Waals surface area (Å²) in [6, 6.07) is 19.0. The summed E-state index contributed by atoms with van der Waals surface area (Å²) in [4.78, 5) is 22.0. The van der Waals surface area contributed by atoms with Crippen LogP contribution in [0.2, 0.25) is 0 Å². The van der Waals surface area contributed by atoms with Crippen LogP contribution in [0.4, 0.5) is 0 Å². The molecule has 5 aromatic rings. The van der Waals surface area contributed by atoms with Gasteiger partial charge in [-0.2, -0.15) is 10.1 Å². The summed E-state index contributed by atoms with van der Waals surface area (Å²) in [5, 5.41) is 11.7. The van der Waals surface area contributed by atoms with Crippen molar-refractivity contribution < 1.29 is 4.52 Å². The average molecular weight is 402 g/mol. The van der Waals surface area contributed by atoms with E-state index in [-0.39, 0.29) is 5.56 Å². The molecule has 0 spiro atoms. The highest BCUT2D eigenvalue weighted by atomic mass is 32.2. The number of aromatic nitrogens is 6. The molecule has 3 heterocycles. The van der Waals surface area contributed by atoms with Crippen LogP contribution in [0.15, 0.2) is 81.3 Å². The van der Waals surface area contributed by atoms with Gasteiger partial charge in [-0.15, -0.1) is 0 Å².